The molecule has 0 radical (unpaired) electrons. The molecule has 0 amide bonds. The van der Waals surface area contributed by atoms with Crippen molar-refractivity contribution in [1.82, 2.24) is 0 Å². The minimum Gasteiger partial charge on any atom is -0.495 e. The van der Waals surface area contributed by atoms with Crippen LogP contribution < -0.4 is 10.5 Å². The van der Waals surface area contributed by atoms with Crippen molar-refractivity contribution in [2.24, 2.45) is 5.73 Å². The van der Waals surface area contributed by atoms with Gasteiger partial charge in [-0.2, -0.15) is 0 Å². The van der Waals surface area contributed by atoms with Crippen molar-refractivity contribution in [2.45, 2.75) is 38.0 Å². The minimum atomic E-state index is 0.102. The number of Topliss-reactive ketones (excluding diaryl/α,β-unsaturated/α-hetero) is 1. The Hall–Kier alpha value is -0.870. The van der Waals surface area contributed by atoms with E-state index in [0.717, 1.165) is 21.3 Å². The molecule has 3 nitrogen and oxygen atoms in total. The molecule has 4 heteroatoms. The molecule has 0 bridgehead atoms. The second-order valence-electron chi connectivity index (χ2n) is 5.02. The molecule has 0 unspecified atom stereocenters. The Morgan fingerprint density at radius 2 is 2.11 bits per heavy atom. The number of benzene rings is 1. The van der Waals surface area contributed by atoms with Crippen LogP contribution in [0.5, 0.6) is 5.75 Å². The van der Waals surface area contributed by atoms with Gasteiger partial charge in [-0.25, -0.2) is 0 Å². The van der Waals surface area contributed by atoms with Crippen LogP contribution in [0.25, 0.3) is 0 Å². The van der Waals surface area contributed by atoms with Gasteiger partial charge in [0, 0.05) is 12.0 Å². The lowest BCUT2D eigenvalue weighted by Crippen LogP contribution is -2.09. The second-order valence-corrected chi connectivity index (χ2v) is 5.88. The third-order valence-corrected chi connectivity index (χ3v) is 4.35. The van der Waals surface area contributed by atoms with E-state index in [4.69, 9.17) is 10.5 Å². The van der Waals surface area contributed by atoms with E-state index in [-0.39, 0.29) is 5.78 Å². The van der Waals surface area contributed by atoms with Gasteiger partial charge in [0.15, 0.2) is 5.78 Å². The standard InChI is InChI=1S/C15H20BrNO2/c1-19-15-12(10-4-2-3-5-10)8-11(9-13(15)16)14(18)6-7-17/h8-10H,2-7,17H2,1H3. The summed E-state index contributed by atoms with van der Waals surface area (Å²) in [5, 5.41) is 0. The lowest BCUT2D eigenvalue weighted by molar-refractivity contribution is 0.0985. The number of carbonyl (C=O) groups is 1. The van der Waals surface area contributed by atoms with E-state index < -0.39 is 0 Å². The number of ketones is 1. The maximum absolute atomic E-state index is 12.0. The van der Waals surface area contributed by atoms with Gasteiger partial charge in [-0.05, 0) is 58.9 Å². The second kappa shape index (κ2) is 6.53. The summed E-state index contributed by atoms with van der Waals surface area (Å²) in [5.41, 5.74) is 7.36. The van der Waals surface area contributed by atoms with Crippen LogP contribution in [0.15, 0.2) is 16.6 Å². The molecule has 1 aromatic rings. The third kappa shape index (κ3) is 3.18. The Morgan fingerprint density at radius 1 is 1.42 bits per heavy atom. The van der Waals surface area contributed by atoms with E-state index >= 15 is 0 Å². The van der Waals surface area contributed by atoms with Crippen LogP contribution >= 0.6 is 15.9 Å². The number of hydrogen-bond acceptors (Lipinski definition) is 3. The molecule has 0 heterocycles. The lowest BCUT2D eigenvalue weighted by atomic mass is 9.93. The van der Waals surface area contributed by atoms with Crippen LogP contribution in [-0.2, 0) is 0 Å². The summed E-state index contributed by atoms with van der Waals surface area (Å²) in [6, 6.07) is 3.84. The molecule has 2 N–H and O–H groups in total. The zero-order valence-corrected chi connectivity index (χ0v) is 12.8. The first kappa shape index (κ1) is 14.5. The summed E-state index contributed by atoms with van der Waals surface area (Å²) < 4.78 is 6.36. The Morgan fingerprint density at radius 3 is 2.68 bits per heavy atom. The lowest BCUT2D eigenvalue weighted by Gasteiger charge is -2.17. The van der Waals surface area contributed by atoms with Crippen LogP contribution in [0.1, 0.15) is 53.9 Å². The largest absolute Gasteiger partial charge is 0.495 e. The molecule has 0 atom stereocenters. The summed E-state index contributed by atoms with van der Waals surface area (Å²) in [6.45, 7) is 0.390. The highest BCUT2D eigenvalue weighted by molar-refractivity contribution is 9.10. The maximum Gasteiger partial charge on any atom is 0.164 e. The van der Waals surface area contributed by atoms with Crippen LogP contribution in [0.4, 0.5) is 0 Å². The molecular weight excluding hydrogens is 306 g/mol. The fraction of sp³-hybridized carbons (Fsp3) is 0.533. The predicted molar refractivity (Wildman–Crippen MR) is 79.9 cm³/mol. The van der Waals surface area contributed by atoms with E-state index in [0.29, 0.717) is 18.9 Å². The summed E-state index contributed by atoms with van der Waals surface area (Å²) in [5.74, 6) is 1.48. The van der Waals surface area contributed by atoms with Crippen molar-refractivity contribution >= 4 is 21.7 Å². The monoisotopic (exact) mass is 325 g/mol. The number of nitrogens with two attached hydrogens (primary N) is 1. The van der Waals surface area contributed by atoms with E-state index in [2.05, 4.69) is 15.9 Å². The minimum absolute atomic E-state index is 0.102. The topological polar surface area (TPSA) is 52.3 Å². The van der Waals surface area contributed by atoms with Gasteiger partial charge in [-0.3, -0.25) is 4.79 Å². The molecule has 2 rings (SSSR count). The summed E-state index contributed by atoms with van der Waals surface area (Å²) in [7, 11) is 1.68. The molecule has 1 aliphatic rings. The smallest absolute Gasteiger partial charge is 0.164 e. The molecule has 0 aliphatic heterocycles. The molecule has 0 saturated heterocycles. The first-order valence-corrected chi connectivity index (χ1v) is 7.57. The van der Waals surface area contributed by atoms with E-state index in [1.807, 2.05) is 12.1 Å². The van der Waals surface area contributed by atoms with Crippen LogP contribution in [0.2, 0.25) is 0 Å². The molecule has 1 aliphatic carbocycles. The molecule has 1 saturated carbocycles. The van der Waals surface area contributed by atoms with E-state index in [1.165, 1.54) is 25.7 Å². The van der Waals surface area contributed by atoms with Gasteiger partial charge in [0.05, 0.1) is 11.6 Å². The van der Waals surface area contributed by atoms with Gasteiger partial charge in [0.2, 0.25) is 0 Å². The van der Waals surface area contributed by atoms with Crippen molar-refractivity contribution < 1.29 is 9.53 Å². The normalized spacial score (nSPS) is 15.7. The van der Waals surface area contributed by atoms with Crippen LogP contribution in [0.3, 0.4) is 0 Å². The highest BCUT2D eigenvalue weighted by Crippen LogP contribution is 2.42. The average molecular weight is 326 g/mol. The number of carbonyl (C=O) groups excluding carboxylic acids is 1. The fourth-order valence-electron chi connectivity index (χ4n) is 2.81. The third-order valence-electron chi connectivity index (χ3n) is 3.76. The van der Waals surface area contributed by atoms with Crippen molar-refractivity contribution in [3.63, 3.8) is 0 Å². The summed E-state index contributed by atoms with van der Waals surface area (Å²) in [6.07, 6.45) is 5.26. The molecule has 1 fully saturated rings. The molecular formula is C15H20BrNO2. The predicted octanol–water partition coefficient (Wildman–Crippen LogP) is 3.65. The number of hydrogen-bond donors (Lipinski definition) is 1. The van der Waals surface area contributed by atoms with Gasteiger partial charge in [0.1, 0.15) is 5.75 Å². The first-order valence-electron chi connectivity index (χ1n) is 6.78. The van der Waals surface area contributed by atoms with E-state index in [9.17, 15) is 4.79 Å². The van der Waals surface area contributed by atoms with Gasteiger partial charge in [-0.1, -0.05) is 12.8 Å². The number of ether oxygens (including phenoxy) is 1. The molecule has 19 heavy (non-hydrogen) atoms. The maximum atomic E-state index is 12.0. The Labute approximate surface area is 122 Å². The Kier molecular flexibility index (Phi) is 4.99. The fourth-order valence-corrected chi connectivity index (χ4v) is 3.44. The van der Waals surface area contributed by atoms with Crippen molar-refractivity contribution in [3.05, 3.63) is 27.7 Å². The molecule has 0 spiro atoms. The Bertz CT molecular complexity index is 467. The number of methoxy groups -OCH3 is 1. The van der Waals surface area contributed by atoms with Gasteiger partial charge in [-0.15, -0.1) is 0 Å². The number of halogens is 1. The summed E-state index contributed by atoms with van der Waals surface area (Å²) >= 11 is 3.52. The molecule has 0 aromatic heterocycles. The van der Waals surface area contributed by atoms with Crippen LogP contribution in [0, 0.1) is 0 Å². The van der Waals surface area contributed by atoms with Gasteiger partial charge >= 0.3 is 0 Å². The molecule has 1 aromatic carbocycles. The SMILES string of the molecule is COc1c(Br)cc(C(=O)CCN)cc1C1CCCC1. The number of rotatable bonds is 5. The average Bonchev–Trinajstić information content (AvgIpc) is 2.91. The zero-order valence-electron chi connectivity index (χ0n) is 11.2. The van der Waals surface area contributed by atoms with Crippen molar-refractivity contribution in [1.29, 1.82) is 0 Å². The quantitative estimate of drug-likeness (QED) is 0.841. The van der Waals surface area contributed by atoms with Gasteiger partial charge < -0.3 is 10.5 Å². The highest BCUT2D eigenvalue weighted by atomic mass is 79.9. The zero-order chi connectivity index (χ0) is 13.8. The van der Waals surface area contributed by atoms with Crippen LogP contribution in [-0.4, -0.2) is 19.4 Å². The van der Waals surface area contributed by atoms with Crippen molar-refractivity contribution in [3.8, 4) is 5.75 Å². The Balaban J connectivity index is 2.40. The molecule has 104 valence electrons. The highest BCUT2D eigenvalue weighted by Gasteiger charge is 2.23. The van der Waals surface area contributed by atoms with Gasteiger partial charge in [0.25, 0.3) is 0 Å². The first-order chi connectivity index (χ1) is 9.17. The summed E-state index contributed by atoms with van der Waals surface area (Å²) in [4.78, 5) is 12.0. The van der Waals surface area contributed by atoms with E-state index in [1.54, 1.807) is 7.11 Å². The van der Waals surface area contributed by atoms with Crippen molar-refractivity contribution in [2.75, 3.05) is 13.7 Å².